The van der Waals surface area contributed by atoms with Gasteiger partial charge < -0.3 is 10.5 Å². The Morgan fingerprint density at radius 1 is 1.50 bits per heavy atom. The highest BCUT2D eigenvalue weighted by Gasteiger charge is 2.13. The Morgan fingerprint density at radius 3 is 2.71 bits per heavy atom. The van der Waals surface area contributed by atoms with E-state index < -0.39 is 0 Å². The van der Waals surface area contributed by atoms with Gasteiger partial charge in [-0.2, -0.15) is 10.5 Å². The first-order valence-corrected chi connectivity index (χ1v) is 3.89. The van der Waals surface area contributed by atoms with Gasteiger partial charge in [0.2, 0.25) is 5.95 Å². The zero-order valence-corrected chi connectivity index (χ0v) is 7.69. The van der Waals surface area contributed by atoms with Gasteiger partial charge in [0.1, 0.15) is 12.1 Å². The van der Waals surface area contributed by atoms with Gasteiger partial charge in [0, 0.05) is 7.11 Å². The lowest BCUT2D eigenvalue weighted by Crippen LogP contribution is -2.09. The van der Waals surface area contributed by atoms with Crippen LogP contribution in [0.2, 0.25) is 0 Å². The summed E-state index contributed by atoms with van der Waals surface area (Å²) in [5, 5.41) is 17.4. The third-order valence-corrected chi connectivity index (χ3v) is 1.73. The van der Waals surface area contributed by atoms with Crippen LogP contribution < -0.4 is 5.73 Å². The van der Waals surface area contributed by atoms with Crippen LogP contribution in [0.4, 0.5) is 5.95 Å². The molecule has 0 aliphatic carbocycles. The second-order valence-electron chi connectivity index (χ2n) is 2.54. The highest BCUT2D eigenvalue weighted by atomic mass is 16.5. The third-order valence-electron chi connectivity index (χ3n) is 1.73. The van der Waals surface area contributed by atoms with Crippen molar-refractivity contribution >= 4 is 5.95 Å². The number of methoxy groups -OCH3 is 1. The Bertz CT molecular complexity index is 409. The number of nitriles is 2. The van der Waals surface area contributed by atoms with E-state index >= 15 is 0 Å². The van der Waals surface area contributed by atoms with Gasteiger partial charge in [-0.1, -0.05) is 0 Å². The average Bonchev–Trinajstić information content (AvgIpc) is 2.51. The molecule has 0 saturated heterocycles. The van der Waals surface area contributed by atoms with Crippen molar-refractivity contribution < 1.29 is 4.74 Å². The molecule has 0 fully saturated rings. The van der Waals surface area contributed by atoms with Crippen LogP contribution in [0.25, 0.3) is 0 Å². The lowest BCUT2D eigenvalue weighted by Gasteiger charge is -2.03. The number of rotatable bonds is 3. The standard InChI is InChI=1S/C8H9N5O/c1-14-3-2-13-7(5-10)6(4-9)12-8(13)11/h2-3H2,1H3,(H2,11,12). The smallest absolute Gasteiger partial charge is 0.202 e. The Morgan fingerprint density at radius 2 is 2.21 bits per heavy atom. The van der Waals surface area contributed by atoms with Crippen molar-refractivity contribution in [2.75, 3.05) is 19.5 Å². The van der Waals surface area contributed by atoms with Gasteiger partial charge in [-0.3, -0.25) is 4.57 Å². The van der Waals surface area contributed by atoms with E-state index in [0.717, 1.165) is 0 Å². The van der Waals surface area contributed by atoms with Crippen molar-refractivity contribution in [2.24, 2.45) is 0 Å². The van der Waals surface area contributed by atoms with E-state index in [9.17, 15) is 0 Å². The van der Waals surface area contributed by atoms with E-state index in [1.807, 2.05) is 12.1 Å². The summed E-state index contributed by atoms with van der Waals surface area (Å²) in [6.07, 6.45) is 0. The molecular formula is C8H9N5O. The second-order valence-corrected chi connectivity index (χ2v) is 2.54. The molecule has 14 heavy (non-hydrogen) atoms. The average molecular weight is 191 g/mol. The maximum absolute atomic E-state index is 8.78. The van der Waals surface area contributed by atoms with Crippen LogP contribution in [0.15, 0.2) is 0 Å². The predicted octanol–water partition coefficient (Wildman–Crippen LogP) is -0.145. The molecule has 1 rings (SSSR count). The van der Waals surface area contributed by atoms with E-state index in [0.29, 0.717) is 13.2 Å². The fraction of sp³-hybridized carbons (Fsp3) is 0.375. The molecule has 2 N–H and O–H groups in total. The molecule has 0 aliphatic heterocycles. The Hall–Kier alpha value is -2.05. The van der Waals surface area contributed by atoms with E-state index in [1.165, 1.54) is 4.57 Å². The highest BCUT2D eigenvalue weighted by Crippen LogP contribution is 2.11. The normalized spacial score (nSPS) is 9.36. The van der Waals surface area contributed by atoms with Crippen LogP contribution in [0.1, 0.15) is 11.4 Å². The van der Waals surface area contributed by atoms with Crippen molar-refractivity contribution in [3.63, 3.8) is 0 Å². The Balaban J connectivity index is 3.09. The minimum atomic E-state index is 0.0566. The number of anilines is 1. The fourth-order valence-electron chi connectivity index (χ4n) is 1.07. The quantitative estimate of drug-likeness (QED) is 0.716. The molecule has 72 valence electrons. The van der Waals surface area contributed by atoms with Crippen LogP contribution >= 0.6 is 0 Å². The summed E-state index contributed by atoms with van der Waals surface area (Å²) in [5.74, 6) is 0.162. The number of nitrogens with zero attached hydrogens (tertiary/aromatic N) is 4. The second kappa shape index (κ2) is 4.26. The lowest BCUT2D eigenvalue weighted by molar-refractivity contribution is 0.187. The summed E-state index contributed by atoms with van der Waals surface area (Å²) < 4.78 is 6.31. The summed E-state index contributed by atoms with van der Waals surface area (Å²) in [4.78, 5) is 3.75. The molecule has 0 unspecified atom stereocenters. The maximum atomic E-state index is 8.78. The van der Waals surface area contributed by atoms with Gasteiger partial charge in [-0.25, -0.2) is 4.98 Å². The molecule has 0 bridgehead atoms. The van der Waals surface area contributed by atoms with Crippen LogP contribution in [0, 0.1) is 22.7 Å². The summed E-state index contributed by atoms with van der Waals surface area (Å²) in [5.41, 5.74) is 5.77. The number of aromatic nitrogens is 2. The first-order chi connectivity index (χ1) is 6.74. The fourth-order valence-corrected chi connectivity index (χ4v) is 1.07. The van der Waals surface area contributed by atoms with Gasteiger partial charge in [0.15, 0.2) is 11.4 Å². The van der Waals surface area contributed by atoms with Crippen LogP contribution in [-0.2, 0) is 11.3 Å². The maximum Gasteiger partial charge on any atom is 0.202 e. The minimum absolute atomic E-state index is 0.0566. The molecule has 0 aromatic carbocycles. The number of hydrogen-bond acceptors (Lipinski definition) is 5. The van der Waals surface area contributed by atoms with Crippen LogP contribution in [0.5, 0.6) is 0 Å². The highest BCUT2D eigenvalue weighted by molar-refractivity contribution is 5.43. The molecule has 1 heterocycles. The summed E-state index contributed by atoms with van der Waals surface area (Å²) in [7, 11) is 1.55. The number of nitrogens with two attached hydrogens (primary N) is 1. The summed E-state index contributed by atoms with van der Waals surface area (Å²) in [6, 6.07) is 3.70. The molecular weight excluding hydrogens is 182 g/mol. The van der Waals surface area contributed by atoms with Gasteiger partial charge in [-0.05, 0) is 0 Å². The van der Waals surface area contributed by atoms with Gasteiger partial charge in [0.25, 0.3) is 0 Å². The first kappa shape index (κ1) is 10.0. The Kier molecular flexibility index (Phi) is 3.05. The van der Waals surface area contributed by atoms with Crippen molar-refractivity contribution in [3.8, 4) is 12.1 Å². The molecule has 1 aromatic heterocycles. The molecule has 0 atom stereocenters. The number of ether oxygens (including phenoxy) is 1. The minimum Gasteiger partial charge on any atom is -0.383 e. The molecule has 0 spiro atoms. The SMILES string of the molecule is COCCn1c(N)nc(C#N)c1C#N. The van der Waals surface area contributed by atoms with Crippen molar-refractivity contribution in [2.45, 2.75) is 6.54 Å². The number of hydrogen-bond donors (Lipinski definition) is 1. The zero-order valence-electron chi connectivity index (χ0n) is 7.69. The van der Waals surface area contributed by atoms with Crippen LogP contribution in [0.3, 0.4) is 0 Å². The molecule has 1 aromatic rings. The number of nitrogen functional groups attached to an aromatic ring is 1. The van der Waals surface area contributed by atoms with Crippen molar-refractivity contribution in [3.05, 3.63) is 11.4 Å². The third kappa shape index (κ3) is 1.65. The summed E-state index contributed by atoms with van der Waals surface area (Å²) >= 11 is 0. The van der Waals surface area contributed by atoms with E-state index in [2.05, 4.69) is 4.98 Å². The van der Waals surface area contributed by atoms with E-state index in [1.54, 1.807) is 7.11 Å². The molecule has 0 saturated carbocycles. The largest absolute Gasteiger partial charge is 0.383 e. The molecule has 0 radical (unpaired) electrons. The summed E-state index contributed by atoms with van der Waals surface area (Å²) in [6.45, 7) is 0.833. The molecule has 0 aliphatic rings. The van der Waals surface area contributed by atoms with Crippen molar-refractivity contribution in [1.82, 2.24) is 9.55 Å². The molecule has 6 heteroatoms. The topological polar surface area (TPSA) is 101 Å². The van der Waals surface area contributed by atoms with Gasteiger partial charge >= 0.3 is 0 Å². The molecule has 6 nitrogen and oxygen atoms in total. The Labute approximate surface area is 81.1 Å². The lowest BCUT2D eigenvalue weighted by atomic mass is 10.3. The van der Waals surface area contributed by atoms with Crippen LogP contribution in [-0.4, -0.2) is 23.3 Å². The van der Waals surface area contributed by atoms with Crippen molar-refractivity contribution in [1.29, 1.82) is 10.5 Å². The monoisotopic (exact) mass is 191 g/mol. The number of imidazole rings is 1. The van der Waals surface area contributed by atoms with E-state index in [4.69, 9.17) is 21.0 Å². The zero-order chi connectivity index (χ0) is 10.6. The van der Waals surface area contributed by atoms with Gasteiger partial charge in [0.05, 0.1) is 13.2 Å². The van der Waals surface area contributed by atoms with E-state index in [-0.39, 0.29) is 17.3 Å². The first-order valence-electron chi connectivity index (χ1n) is 3.89. The van der Waals surface area contributed by atoms with Gasteiger partial charge in [-0.15, -0.1) is 0 Å². The molecule has 0 amide bonds. The predicted molar refractivity (Wildman–Crippen MR) is 47.9 cm³/mol.